The predicted octanol–water partition coefficient (Wildman–Crippen LogP) is 2.48. The highest BCUT2D eigenvalue weighted by Crippen LogP contribution is 2.03. The second-order valence-corrected chi connectivity index (χ2v) is 2.06. The molecule has 0 aromatic heterocycles. The van der Waals surface area contributed by atoms with Crippen molar-refractivity contribution in [3.05, 3.63) is 24.3 Å². The van der Waals surface area contributed by atoms with Gasteiger partial charge in [0.2, 0.25) is 0 Å². The van der Waals surface area contributed by atoms with Crippen LogP contribution in [0.3, 0.4) is 0 Å². The second-order valence-electron chi connectivity index (χ2n) is 2.06. The molecule has 0 spiro atoms. The molecule has 0 bridgehead atoms. The van der Waals surface area contributed by atoms with E-state index in [2.05, 4.69) is 18.2 Å². The van der Waals surface area contributed by atoms with Crippen molar-refractivity contribution < 1.29 is 0 Å². The molecular formula is C8H11. The van der Waals surface area contributed by atoms with Crippen molar-refractivity contribution in [2.24, 2.45) is 0 Å². The van der Waals surface area contributed by atoms with Gasteiger partial charge in [-0.1, -0.05) is 18.2 Å². The highest BCUT2D eigenvalue weighted by atomic mass is 13.9. The van der Waals surface area contributed by atoms with Gasteiger partial charge in [-0.3, -0.25) is 0 Å². The number of hydrogen-bond acceptors (Lipinski definition) is 0. The summed E-state index contributed by atoms with van der Waals surface area (Å²) in [4.78, 5) is 0. The van der Waals surface area contributed by atoms with Crippen LogP contribution < -0.4 is 0 Å². The van der Waals surface area contributed by atoms with Crippen LogP contribution in [0.2, 0.25) is 0 Å². The second kappa shape index (κ2) is 3.48. The third kappa shape index (κ3) is 1.97. The summed E-state index contributed by atoms with van der Waals surface area (Å²) in [5, 5.41) is 0. The van der Waals surface area contributed by atoms with E-state index in [0.717, 1.165) is 0 Å². The zero-order valence-corrected chi connectivity index (χ0v) is 5.06. The zero-order chi connectivity index (χ0) is 5.66. The fourth-order valence-corrected chi connectivity index (χ4v) is 0.811. The van der Waals surface area contributed by atoms with Crippen molar-refractivity contribution in [2.45, 2.75) is 25.7 Å². The van der Waals surface area contributed by atoms with Crippen molar-refractivity contribution in [3.8, 4) is 0 Å². The lowest BCUT2D eigenvalue weighted by atomic mass is 10.1. The Morgan fingerprint density at radius 3 is 3.00 bits per heavy atom. The topological polar surface area (TPSA) is 0 Å². The van der Waals surface area contributed by atoms with Crippen LogP contribution in [0.15, 0.2) is 18.2 Å². The third-order valence-corrected chi connectivity index (χ3v) is 1.30. The summed E-state index contributed by atoms with van der Waals surface area (Å²) in [7, 11) is 0. The summed E-state index contributed by atoms with van der Waals surface area (Å²) in [6.45, 7) is 0. The maximum Gasteiger partial charge on any atom is -0.0230 e. The van der Waals surface area contributed by atoms with Crippen molar-refractivity contribution >= 4 is 0 Å². The van der Waals surface area contributed by atoms with E-state index < -0.39 is 0 Å². The molecule has 0 nitrogen and oxygen atoms in total. The van der Waals surface area contributed by atoms with Crippen molar-refractivity contribution in [1.82, 2.24) is 0 Å². The molecule has 1 aliphatic rings. The monoisotopic (exact) mass is 107 g/mol. The van der Waals surface area contributed by atoms with Crippen molar-refractivity contribution in [1.29, 1.82) is 0 Å². The maximum atomic E-state index is 3.08. The molecule has 1 rings (SSSR count). The fraction of sp³-hybridized carbons (Fsp3) is 0.500. The van der Waals surface area contributed by atoms with Crippen molar-refractivity contribution in [3.63, 3.8) is 0 Å². The highest BCUT2D eigenvalue weighted by molar-refractivity contribution is 4.96. The van der Waals surface area contributed by atoms with E-state index in [9.17, 15) is 0 Å². The Morgan fingerprint density at radius 1 is 1.12 bits per heavy atom. The van der Waals surface area contributed by atoms with Crippen LogP contribution in [-0.2, 0) is 0 Å². The third-order valence-electron chi connectivity index (χ3n) is 1.30. The Hall–Kier alpha value is -0.520. The molecule has 1 aliphatic carbocycles. The van der Waals surface area contributed by atoms with Gasteiger partial charge in [0.05, 0.1) is 0 Å². The number of rotatable bonds is 0. The van der Waals surface area contributed by atoms with Gasteiger partial charge in [0.1, 0.15) is 0 Å². The van der Waals surface area contributed by atoms with E-state index in [0.29, 0.717) is 0 Å². The molecule has 0 heterocycles. The van der Waals surface area contributed by atoms with Crippen LogP contribution in [0, 0.1) is 6.08 Å². The Balaban J connectivity index is 2.33. The first-order valence-electron chi connectivity index (χ1n) is 3.23. The van der Waals surface area contributed by atoms with Crippen molar-refractivity contribution in [2.75, 3.05) is 0 Å². The van der Waals surface area contributed by atoms with Gasteiger partial charge < -0.3 is 0 Å². The minimum absolute atomic E-state index is 1.21. The lowest BCUT2D eigenvalue weighted by Gasteiger charge is -1.93. The van der Waals surface area contributed by atoms with E-state index in [-0.39, 0.29) is 0 Å². The van der Waals surface area contributed by atoms with Crippen LogP contribution in [0.4, 0.5) is 0 Å². The van der Waals surface area contributed by atoms with Gasteiger partial charge in [-0.15, -0.1) is 0 Å². The largest absolute Gasteiger partial charge is 0.0839 e. The van der Waals surface area contributed by atoms with E-state index in [1.165, 1.54) is 25.7 Å². The van der Waals surface area contributed by atoms with Gasteiger partial charge in [0.25, 0.3) is 0 Å². The first-order valence-corrected chi connectivity index (χ1v) is 3.23. The molecule has 0 unspecified atom stereocenters. The minimum Gasteiger partial charge on any atom is -0.0839 e. The zero-order valence-electron chi connectivity index (χ0n) is 5.06. The van der Waals surface area contributed by atoms with Gasteiger partial charge >= 0.3 is 0 Å². The van der Waals surface area contributed by atoms with E-state index in [4.69, 9.17) is 0 Å². The van der Waals surface area contributed by atoms with Gasteiger partial charge in [-0.25, -0.2) is 0 Å². The molecule has 0 aliphatic heterocycles. The molecule has 0 fully saturated rings. The summed E-state index contributed by atoms with van der Waals surface area (Å²) in [6.07, 6.45) is 14.5. The minimum atomic E-state index is 1.21. The Morgan fingerprint density at radius 2 is 2.00 bits per heavy atom. The molecule has 0 N–H and O–H groups in total. The standard InChI is InChI=1S/C8H11/c1-2-4-6-8-7-5-3-1/h1-2,6H,3,5,7-8H2. The van der Waals surface area contributed by atoms with Crippen LogP contribution >= 0.6 is 0 Å². The fourth-order valence-electron chi connectivity index (χ4n) is 0.811. The molecule has 0 saturated carbocycles. The summed E-state index contributed by atoms with van der Waals surface area (Å²) in [6, 6.07) is 0. The Kier molecular flexibility index (Phi) is 2.44. The van der Waals surface area contributed by atoms with E-state index in [1.54, 1.807) is 0 Å². The summed E-state index contributed by atoms with van der Waals surface area (Å²) in [5.41, 5.74) is 0. The molecule has 0 aromatic carbocycles. The lowest BCUT2D eigenvalue weighted by Crippen LogP contribution is -1.74. The SMILES string of the molecule is [C]1=CCCCCC=C1. The van der Waals surface area contributed by atoms with E-state index >= 15 is 0 Å². The number of hydrogen-bond donors (Lipinski definition) is 0. The molecule has 8 heavy (non-hydrogen) atoms. The van der Waals surface area contributed by atoms with Gasteiger partial charge in [-0.2, -0.15) is 0 Å². The summed E-state index contributed by atoms with van der Waals surface area (Å²) < 4.78 is 0. The highest BCUT2D eigenvalue weighted by Gasteiger charge is 1.84. The molecule has 43 valence electrons. The molecule has 1 radical (unpaired) electrons. The van der Waals surface area contributed by atoms with Crippen LogP contribution in [0.25, 0.3) is 0 Å². The Bertz CT molecular complexity index is 84.6. The smallest absolute Gasteiger partial charge is 0.0230 e. The molecule has 0 aromatic rings. The number of allylic oxidation sites excluding steroid dienone is 4. The average molecular weight is 107 g/mol. The molecule has 0 saturated heterocycles. The predicted molar refractivity (Wildman–Crippen MR) is 35.4 cm³/mol. The van der Waals surface area contributed by atoms with Gasteiger partial charge in [0, 0.05) is 0 Å². The molecule has 0 heteroatoms. The van der Waals surface area contributed by atoms with Gasteiger partial charge in [0.15, 0.2) is 0 Å². The molecule has 0 atom stereocenters. The van der Waals surface area contributed by atoms with Crippen LogP contribution in [-0.4, -0.2) is 0 Å². The first kappa shape index (κ1) is 5.61. The Labute approximate surface area is 50.9 Å². The first-order chi connectivity index (χ1) is 4.00. The average Bonchev–Trinajstić information content (AvgIpc) is 1.62. The normalized spacial score (nSPS) is 20.0. The summed E-state index contributed by atoms with van der Waals surface area (Å²) >= 11 is 0. The van der Waals surface area contributed by atoms with Gasteiger partial charge in [-0.05, 0) is 31.8 Å². The van der Waals surface area contributed by atoms with E-state index in [1.807, 2.05) is 6.08 Å². The molecule has 0 amide bonds. The van der Waals surface area contributed by atoms with Crippen LogP contribution in [0.1, 0.15) is 25.7 Å². The summed E-state index contributed by atoms with van der Waals surface area (Å²) in [5.74, 6) is 0. The maximum absolute atomic E-state index is 3.08. The quantitative estimate of drug-likeness (QED) is 0.446. The van der Waals surface area contributed by atoms with Crippen LogP contribution in [0.5, 0.6) is 0 Å². The molecular weight excluding hydrogens is 96.1 g/mol. The lowest BCUT2D eigenvalue weighted by molar-refractivity contribution is 0.757.